The fourth-order valence-electron chi connectivity index (χ4n) is 1.51. The van der Waals surface area contributed by atoms with Gasteiger partial charge in [-0.2, -0.15) is 0 Å². The minimum Gasteiger partial charge on any atom is -0.598 e. The Balaban J connectivity index is 2.39. The van der Waals surface area contributed by atoms with Gasteiger partial charge in [-0.3, -0.25) is 0 Å². The van der Waals surface area contributed by atoms with Gasteiger partial charge >= 0.3 is 0 Å². The third-order valence-electron chi connectivity index (χ3n) is 2.70. The molecule has 0 amide bonds. The van der Waals surface area contributed by atoms with E-state index in [0.717, 1.165) is 12.8 Å². The van der Waals surface area contributed by atoms with E-state index in [2.05, 4.69) is 4.72 Å². The van der Waals surface area contributed by atoms with Gasteiger partial charge in [0, 0.05) is 17.8 Å². The first-order valence-corrected chi connectivity index (χ1v) is 6.92. The van der Waals surface area contributed by atoms with Gasteiger partial charge < -0.3 is 4.55 Å². The Bertz CT molecular complexity index is 217. The van der Waals surface area contributed by atoms with Gasteiger partial charge in [-0.05, 0) is 46.0 Å². The lowest BCUT2D eigenvalue weighted by Crippen LogP contribution is -2.45. The van der Waals surface area contributed by atoms with Gasteiger partial charge in [0.1, 0.15) is 4.75 Å². The van der Waals surface area contributed by atoms with Crippen LogP contribution >= 0.6 is 0 Å². The summed E-state index contributed by atoms with van der Waals surface area (Å²) in [6, 6.07) is -0.00550. The second kappa shape index (κ2) is 5.65. The standard InChI is InChI=1S/C11H21F2NOS/c1-11(2,3)16(15)14-9(8-4-5-8)6-7-10(12)13/h8-10,14H,4-7H2,1-3H3. The van der Waals surface area contributed by atoms with Crippen molar-refractivity contribution in [2.45, 2.75) is 63.7 Å². The van der Waals surface area contributed by atoms with Crippen molar-refractivity contribution in [2.24, 2.45) is 5.92 Å². The van der Waals surface area contributed by atoms with Gasteiger partial charge in [-0.25, -0.2) is 8.78 Å². The SMILES string of the molecule is CC(C)(C)[S+]([O-])NC(CCC(F)F)C1CC1. The second-order valence-corrected chi connectivity index (χ2v) is 7.41. The molecule has 0 aromatic heterocycles. The summed E-state index contributed by atoms with van der Waals surface area (Å²) in [5, 5.41) is 0. The summed E-state index contributed by atoms with van der Waals surface area (Å²) in [7, 11) is 0. The Morgan fingerprint density at radius 2 is 1.88 bits per heavy atom. The molecule has 5 heteroatoms. The van der Waals surface area contributed by atoms with Crippen LogP contribution in [0.15, 0.2) is 0 Å². The molecule has 0 aliphatic heterocycles. The number of hydrogen-bond acceptors (Lipinski definition) is 2. The third kappa shape index (κ3) is 4.97. The number of halogens is 2. The average Bonchev–Trinajstić information content (AvgIpc) is 2.92. The molecule has 1 fully saturated rings. The summed E-state index contributed by atoms with van der Waals surface area (Å²) in [5.41, 5.74) is 0. The maximum atomic E-state index is 12.1. The van der Waals surface area contributed by atoms with Crippen LogP contribution in [0.5, 0.6) is 0 Å². The molecule has 2 atom stereocenters. The van der Waals surface area contributed by atoms with E-state index in [4.69, 9.17) is 0 Å². The number of nitrogens with one attached hydrogen (secondary N) is 1. The van der Waals surface area contributed by atoms with E-state index >= 15 is 0 Å². The number of alkyl halides is 2. The molecule has 1 N–H and O–H groups in total. The molecule has 1 saturated carbocycles. The Kier molecular flexibility index (Phi) is 5.01. The molecule has 16 heavy (non-hydrogen) atoms. The minimum absolute atomic E-state index is 0.00550. The van der Waals surface area contributed by atoms with Gasteiger partial charge in [-0.15, -0.1) is 4.72 Å². The first-order valence-electron chi connectivity index (χ1n) is 5.77. The normalized spacial score (nSPS) is 21.2. The highest BCUT2D eigenvalue weighted by molar-refractivity contribution is 7.90. The van der Waals surface area contributed by atoms with E-state index in [1.165, 1.54) is 0 Å². The van der Waals surface area contributed by atoms with E-state index in [-0.39, 0.29) is 17.2 Å². The van der Waals surface area contributed by atoms with Crippen LogP contribution in [0.1, 0.15) is 46.5 Å². The Labute approximate surface area is 99.5 Å². The molecule has 1 rings (SSSR count). The quantitative estimate of drug-likeness (QED) is 0.739. The monoisotopic (exact) mass is 253 g/mol. The fraction of sp³-hybridized carbons (Fsp3) is 1.00. The lowest BCUT2D eigenvalue weighted by molar-refractivity contribution is 0.130. The number of rotatable bonds is 6. The average molecular weight is 253 g/mol. The molecule has 0 heterocycles. The summed E-state index contributed by atoms with van der Waals surface area (Å²) in [5.74, 6) is 0.449. The molecule has 0 bridgehead atoms. The number of hydrogen-bond donors (Lipinski definition) is 1. The molecular weight excluding hydrogens is 232 g/mol. The van der Waals surface area contributed by atoms with Crippen molar-refractivity contribution in [3.63, 3.8) is 0 Å². The summed E-state index contributed by atoms with van der Waals surface area (Å²) in [4.78, 5) is 0. The molecule has 2 nitrogen and oxygen atoms in total. The molecule has 0 aromatic rings. The predicted octanol–water partition coefficient (Wildman–Crippen LogP) is 2.86. The molecule has 0 aromatic carbocycles. The van der Waals surface area contributed by atoms with Crippen molar-refractivity contribution in [2.75, 3.05) is 0 Å². The van der Waals surface area contributed by atoms with Crippen LogP contribution in [0.2, 0.25) is 0 Å². The molecule has 0 saturated heterocycles. The van der Waals surface area contributed by atoms with Crippen LogP contribution in [0.25, 0.3) is 0 Å². The topological polar surface area (TPSA) is 35.1 Å². The second-order valence-electron chi connectivity index (χ2n) is 5.41. The Morgan fingerprint density at radius 1 is 1.31 bits per heavy atom. The first kappa shape index (κ1) is 14.2. The van der Waals surface area contributed by atoms with Crippen molar-refractivity contribution in [1.82, 2.24) is 4.72 Å². The van der Waals surface area contributed by atoms with E-state index in [1.807, 2.05) is 20.8 Å². The molecule has 0 radical (unpaired) electrons. The zero-order chi connectivity index (χ0) is 12.3. The molecule has 96 valence electrons. The highest BCUT2D eigenvalue weighted by atomic mass is 32.2. The molecule has 1 aliphatic carbocycles. The predicted molar refractivity (Wildman–Crippen MR) is 62.8 cm³/mol. The van der Waals surface area contributed by atoms with Crippen LogP contribution < -0.4 is 4.72 Å². The largest absolute Gasteiger partial charge is 0.598 e. The molecular formula is C11H21F2NOS. The molecule has 2 unspecified atom stereocenters. The summed E-state index contributed by atoms with van der Waals surface area (Å²) in [6.07, 6.45) is 0.204. The Hall–Kier alpha value is 0.130. The lowest BCUT2D eigenvalue weighted by atomic mass is 10.1. The lowest BCUT2D eigenvalue weighted by Gasteiger charge is -2.28. The van der Waals surface area contributed by atoms with Crippen LogP contribution in [0, 0.1) is 5.92 Å². The first-order chi connectivity index (χ1) is 7.30. The molecule has 0 spiro atoms. The van der Waals surface area contributed by atoms with Crippen molar-refractivity contribution in [3.05, 3.63) is 0 Å². The zero-order valence-corrected chi connectivity index (χ0v) is 10.9. The van der Waals surface area contributed by atoms with Crippen LogP contribution in [0.4, 0.5) is 8.78 Å². The van der Waals surface area contributed by atoms with Crippen molar-refractivity contribution in [1.29, 1.82) is 0 Å². The highest BCUT2D eigenvalue weighted by Gasteiger charge is 2.37. The maximum absolute atomic E-state index is 12.1. The Morgan fingerprint density at radius 3 is 2.25 bits per heavy atom. The van der Waals surface area contributed by atoms with Gasteiger partial charge in [-0.1, -0.05) is 0 Å². The van der Waals surface area contributed by atoms with E-state index in [1.54, 1.807) is 0 Å². The van der Waals surface area contributed by atoms with Gasteiger partial charge in [0.25, 0.3) is 0 Å². The van der Waals surface area contributed by atoms with Crippen molar-refractivity contribution in [3.8, 4) is 0 Å². The smallest absolute Gasteiger partial charge is 0.238 e. The minimum atomic E-state index is -2.26. The summed E-state index contributed by atoms with van der Waals surface area (Å²) in [6.45, 7) is 5.65. The van der Waals surface area contributed by atoms with E-state index in [9.17, 15) is 13.3 Å². The van der Waals surface area contributed by atoms with Gasteiger partial charge in [0.2, 0.25) is 6.43 Å². The van der Waals surface area contributed by atoms with Crippen molar-refractivity contribution < 1.29 is 13.3 Å². The van der Waals surface area contributed by atoms with Gasteiger partial charge in [0.05, 0.1) is 6.04 Å². The highest BCUT2D eigenvalue weighted by Crippen LogP contribution is 2.35. The molecule has 1 aliphatic rings. The zero-order valence-electron chi connectivity index (χ0n) is 10.1. The van der Waals surface area contributed by atoms with Gasteiger partial charge in [0.15, 0.2) is 0 Å². The van der Waals surface area contributed by atoms with E-state index < -0.39 is 17.8 Å². The fourth-order valence-corrected chi connectivity index (χ4v) is 2.45. The van der Waals surface area contributed by atoms with Crippen molar-refractivity contribution >= 4 is 11.4 Å². The summed E-state index contributed by atoms with van der Waals surface area (Å²) < 4.78 is 38.8. The van der Waals surface area contributed by atoms with Crippen LogP contribution in [-0.4, -0.2) is 21.8 Å². The third-order valence-corrected chi connectivity index (χ3v) is 4.33. The van der Waals surface area contributed by atoms with Crippen LogP contribution in [-0.2, 0) is 11.4 Å². The maximum Gasteiger partial charge on any atom is 0.238 e. The summed E-state index contributed by atoms with van der Waals surface area (Å²) >= 11 is -1.16. The van der Waals surface area contributed by atoms with E-state index in [0.29, 0.717) is 12.3 Å². The van der Waals surface area contributed by atoms with Crippen LogP contribution in [0.3, 0.4) is 0 Å².